The zero-order valence-corrected chi connectivity index (χ0v) is 13.0. The summed E-state index contributed by atoms with van der Waals surface area (Å²) in [7, 11) is 1.60. The van der Waals surface area contributed by atoms with E-state index in [0.717, 1.165) is 24.1 Å². The monoisotopic (exact) mass is 313 g/mol. The minimum absolute atomic E-state index is 0.0367. The Hall–Kier alpha value is -2.63. The van der Waals surface area contributed by atoms with E-state index >= 15 is 0 Å². The van der Waals surface area contributed by atoms with Crippen LogP contribution in [0.25, 0.3) is 0 Å². The quantitative estimate of drug-likeness (QED) is 0.932. The van der Waals surface area contributed by atoms with Crippen LogP contribution in [0.4, 0.5) is 0 Å². The Kier molecular flexibility index (Phi) is 4.41. The lowest BCUT2D eigenvalue weighted by atomic mass is 10.1. The second-order valence-corrected chi connectivity index (χ2v) is 5.56. The van der Waals surface area contributed by atoms with Crippen molar-refractivity contribution in [2.45, 2.75) is 25.3 Å². The van der Waals surface area contributed by atoms with Crippen molar-refractivity contribution in [3.8, 4) is 5.75 Å². The first-order chi connectivity index (χ1) is 11.2. The van der Waals surface area contributed by atoms with Gasteiger partial charge in [0, 0.05) is 24.0 Å². The lowest BCUT2D eigenvalue weighted by molar-refractivity contribution is -0.131. The van der Waals surface area contributed by atoms with Gasteiger partial charge in [0.2, 0.25) is 5.91 Å². The summed E-state index contributed by atoms with van der Waals surface area (Å²) in [5.74, 6) is 0.753. The molecule has 1 aliphatic heterocycles. The van der Waals surface area contributed by atoms with E-state index < -0.39 is 0 Å². The highest BCUT2D eigenvalue weighted by molar-refractivity contribution is 5.80. The van der Waals surface area contributed by atoms with Crippen molar-refractivity contribution >= 4 is 5.91 Å². The molecule has 1 saturated heterocycles. The standard InChI is InChI=1S/C17H19N3O3/c1-23-15-7-3-2-5-12(15)11-16(21)20-10-4-6-14(20)13-8-9-18-17(22)19-13/h2-3,5,7-9,14H,4,6,10-11H2,1H3,(H,18,19,22). The fraction of sp³-hybridized carbons (Fsp3) is 0.353. The van der Waals surface area contributed by atoms with Crippen LogP contribution < -0.4 is 10.4 Å². The van der Waals surface area contributed by atoms with Gasteiger partial charge in [-0.15, -0.1) is 0 Å². The molecule has 0 radical (unpaired) electrons. The molecule has 2 aromatic rings. The van der Waals surface area contributed by atoms with Gasteiger partial charge in [-0.1, -0.05) is 18.2 Å². The van der Waals surface area contributed by atoms with E-state index in [9.17, 15) is 9.59 Å². The van der Waals surface area contributed by atoms with Gasteiger partial charge in [-0.2, -0.15) is 0 Å². The summed E-state index contributed by atoms with van der Waals surface area (Å²) in [5.41, 5.74) is 1.23. The predicted molar refractivity (Wildman–Crippen MR) is 85.2 cm³/mol. The van der Waals surface area contributed by atoms with Gasteiger partial charge in [0.1, 0.15) is 5.75 Å². The number of nitrogens with one attached hydrogen (secondary N) is 1. The van der Waals surface area contributed by atoms with Crippen LogP contribution in [0.15, 0.2) is 41.3 Å². The molecule has 0 saturated carbocycles. The highest BCUT2D eigenvalue weighted by Crippen LogP contribution is 2.31. The smallest absolute Gasteiger partial charge is 0.345 e. The number of hydrogen-bond acceptors (Lipinski definition) is 4. The maximum absolute atomic E-state index is 12.7. The fourth-order valence-corrected chi connectivity index (χ4v) is 3.08. The number of benzene rings is 1. The number of hydrogen-bond donors (Lipinski definition) is 1. The third-order valence-corrected chi connectivity index (χ3v) is 4.16. The molecule has 1 unspecified atom stereocenters. The summed E-state index contributed by atoms with van der Waals surface area (Å²) >= 11 is 0. The van der Waals surface area contributed by atoms with Crippen LogP contribution in [0.2, 0.25) is 0 Å². The fourth-order valence-electron chi connectivity index (χ4n) is 3.08. The van der Waals surface area contributed by atoms with Crippen LogP contribution in [0.5, 0.6) is 5.75 Å². The van der Waals surface area contributed by atoms with Gasteiger partial charge in [0.05, 0.1) is 19.6 Å². The van der Waals surface area contributed by atoms with Gasteiger partial charge < -0.3 is 14.6 Å². The molecular weight excluding hydrogens is 294 g/mol. The average molecular weight is 313 g/mol. The summed E-state index contributed by atoms with van der Waals surface area (Å²) < 4.78 is 5.31. The molecule has 1 atom stereocenters. The molecule has 0 aliphatic carbocycles. The predicted octanol–water partition coefficient (Wildman–Crippen LogP) is 1.68. The van der Waals surface area contributed by atoms with Crippen molar-refractivity contribution in [1.82, 2.24) is 14.9 Å². The molecule has 0 bridgehead atoms. The summed E-state index contributed by atoms with van der Waals surface area (Å²) in [4.78, 5) is 32.3. The molecule has 3 rings (SSSR count). The van der Waals surface area contributed by atoms with Gasteiger partial charge in [-0.25, -0.2) is 9.78 Å². The zero-order valence-electron chi connectivity index (χ0n) is 13.0. The minimum atomic E-state index is -0.383. The van der Waals surface area contributed by atoms with Gasteiger partial charge in [0.15, 0.2) is 0 Å². The highest BCUT2D eigenvalue weighted by Gasteiger charge is 2.30. The number of aromatic nitrogens is 2. The Morgan fingerprint density at radius 3 is 3.00 bits per heavy atom. The number of nitrogens with zero attached hydrogens (tertiary/aromatic N) is 2. The van der Waals surface area contributed by atoms with E-state index in [1.807, 2.05) is 29.2 Å². The van der Waals surface area contributed by atoms with Crippen molar-refractivity contribution < 1.29 is 9.53 Å². The molecule has 1 aromatic carbocycles. The van der Waals surface area contributed by atoms with Crippen LogP contribution in [-0.4, -0.2) is 34.4 Å². The Morgan fingerprint density at radius 1 is 1.39 bits per heavy atom. The largest absolute Gasteiger partial charge is 0.496 e. The first-order valence-corrected chi connectivity index (χ1v) is 7.65. The molecule has 1 aliphatic rings. The number of ether oxygens (including phenoxy) is 1. The summed E-state index contributed by atoms with van der Waals surface area (Å²) in [6.07, 6.45) is 3.54. The number of methoxy groups -OCH3 is 1. The lowest BCUT2D eigenvalue weighted by Crippen LogP contribution is -2.33. The number of carbonyl (C=O) groups excluding carboxylic acids is 1. The zero-order chi connectivity index (χ0) is 16.2. The van der Waals surface area contributed by atoms with E-state index in [-0.39, 0.29) is 24.1 Å². The molecular formula is C17H19N3O3. The van der Waals surface area contributed by atoms with Gasteiger partial charge in [-0.05, 0) is 25.0 Å². The maximum atomic E-state index is 12.7. The van der Waals surface area contributed by atoms with E-state index in [1.165, 1.54) is 6.20 Å². The Labute approximate surface area is 134 Å². The van der Waals surface area contributed by atoms with Crippen molar-refractivity contribution in [2.24, 2.45) is 0 Å². The second kappa shape index (κ2) is 6.64. The van der Waals surface area contributed by atoms with Crippen LogP contribution in [0, 0.1) is 0 Å². The number of H-pyrrole nitrogens is 1. The second-order valence-electron chi connectivity index (χ2n) is 5.56. The van der Waals surface area contributed by atoms with Crippen LogP contribution in [0.3, 0.4) is 0 Å². The molecule has 1 N–H and O–H groups in total. The molecule has 0 spiro atoms. The van der Waals surface area contributed by atoms with Gasteiger partial charge in [0.25, 0.3) is 0 Å². The van der Waals surface area contributed by atoms with Crippen LogP contribution >= 0.6 is 0 Å². The van der Waals surface area contributed by atoms with E-state index in [2.05, 4.69) is 9.97 Å². The SMILES string of the molecule is COc1ccccc1CC(=O)N1CCCC1c1ccnc(=O)[nH]1. The first kappa shape index (κ1) is 15.3. The molecule has 1 amide bonds. The summed E-state index contributed by atoms with van der Waals surface area (Å²) in [5, 5.41) is 0. The van der Waals surface area contributed by atoms with Crippen molar-refractivity contribution in [2.75, 3.05) is 13.7 Å². The molecule has 1 fully saturated rings. The van der Waals surface area contributed by atoms with E-state index in [0.29, 0.717) is 12.3 Å². The molecule has 6 heteroatoms. The van der Waals surface area contributed by atoms with Crippen molar-refractivity contribution in [3.63, 3.8) is 0 Å². The van der Waals surface area contributed by atoms with E-state index in [4.69, 9.17) is 4.74 Å². The van der Waals surface area contributed by atoms with Crippen LogP contribution in [-0.2, 0) is 11.2 Å². The number of aromatic amines is 1. The maximum Gasteiger partial charge on any atom is 0.345 e. The van der Waals surface area contributed by atoms with Gasteiger partial charge >= 0.3 is 5.69 Å². The average Bonchev–Trinajstić information content (AvgIpc) is 3.05. The van der Waals surface area contributed by atoms with Crippen molar-refractivity contribution in [1.29, 1.82) is 0 Å². The Balaban J connectivity index is 1.80. The first-order valence-electron chi connectivity index (χ1n) is 7.65. The third-order valence-electron chi connectivity index (χ3n) is 4.16. The Morgan fingerprint density at radius 2 is 2.22 bits per heavy atom. The number of rotatable bonds is 4. The van der Waals surface area contributed by atoms with Crippen molar-refractivity contribution in [3.05, 3.63) is 58.3 Å². The number of carbonyl (C=O) groups is 1. The topological polar surface area (TPSA) is 75.3 Å². The summed E-state index contributed by atoms with van der Waals surface area (Å²) in [6.45, 7) is 0.697. The normalized spacial score (nSPS) is 17.3. The summed E-state index contributed by atoms with van der Waals surface area (Å²) in [6, 6.07) is 9.20. The Bertz CT molecular complexity index is 756. The van der Waals surface area contributed by atoms with Gasteiger partial charge in [-0.3, -0.25) is 4.79 Å². The lowest BCUT2D eigenvalue weighted by Gasteiger charge is -2.25. The minimum Gasteiger partial charge on any atom is -0.496 e. The number of para-hydroxylation sites is 1. The molecule has 2 heterocycles. The molecule has 1 aromatic heterocycles. The third kappa shape index (κ3) is 3.26. The molecule has 120 valence electrons. The molecule has 6 nitrogen and oxygen atoms in total. The number of likely N-dealkylation sites (tertiary alicyclic amines) is 1. The van der Waals surface area contributed by atoms with E-state index in [1.54, 1.807) is 13.2 Å². The molecule has 23 heavy (non-hydrogen) atoms. The van der Waals surface area contributed by atoms with Crippen LogP contribution in [0.1, 0.15) is 30.1 Å². The highest BCUT2D eigenvalue weighted by atomic mass is 16.5. The number of amides is 1.